The van der Waals surface area contributed by atoms with Crippen LogP contribution >= 0.6 is 23.1 Å². The van der Waals surface area contributed by atoms with Gasteiger partial charge >= 0.3 is 0 Å². The molecule has 0 aromatic carbocycles. The number of sulfonamides is 1. The fourth-order valence-electron chi connectivity index (χ4n) is 2.15. The minimum Gasteiger partial charge on any atom is -0.309 e. The summed E-state index contributed by atoms with van der Waals surface area (Å²) in [5, 5.41) is 5.33. The van der Waals surface area contributed by atoms with E-state index in [0.29, 0.717) is 17.5 Å². The fourth-order valence-corrected chi connectivity index (χ4v) is 5.93. The van der Waals surface area contributed by atoms with Crippen molar-refractivity contribution in [3.63, 3.8) is 0 Å². The molecule has 1 fully saturated rings. The van der Waals surface area contributed by atoms with E-state index in [1.807, 2.05) is 19.2 Å². The molecule has 1 aliphatic rings. The van der Waals surface area contributed by atoms with Crippen molar-refractivity contribution in [2.75, 3.05) is 11.5 Å². The predicted octanol–water partition coefficient (Wildman–Crippen LogP) is 2.73. The molecule has 1 unspecified atom stereocenters. The van der Waals surface area contributed by atoms with Crippen LogP contribution < -0.4 is 10.0 Å². The molecule has 0 amide bonds. The highest BCUT2D eigenvalue weighted by Crippen LogP contribution is 2.28. The molecule has 0 bridgehead atoms. The van der Waals surface area contributed by atoms with Crippen molar-refractivity contribution in [1.82, 2.24) is 10.0 Å². The largest absolute Gasteiger partial charge is 0.309 e. The van der Waals surface area contributed by atoms with Crippen molar-refractivity contribution >= 4 is 33.1 Å². The zero-order chi connectivity index (χ0) is 15.5. The van der Waals surface area contributed by atoms with E-state index in [4.69, 9.17) is 0 Å². The van der Waals surface area contributed by atoms with E-state index in [0.717, 1.165) is 21.9 Å². The molecule has 1 heterocycles. The maximum atomic E-state index is 12.6. The molecule has 120 valence electrons. The summed E-state index contributed by atoms with van der Waals surface area (Å²) in [6.07, 6.45) is 2.41. The van der Waals surface area contributed by atoms with Gasteiger partial charge in [0.15, 0.2) is 0 Å². The lowest BCUT2D eigenvalue weighted by Gasteiger charge is -2.15. The second-order valence-corrected chi connectivity index (χ2v) is 9.44. The predicted molar refractivity (Wildman–Crippen MR) is 91.7 cm³/mol. The van der Waals surface area contributed by atoms with Gasteiger partial charge in [0.05, 0.1) is 0 Å². The van der Waals surface area contributed by atoms with Crippen LogP contribution in [0.15, 0.2) is 10.3 Å². The Balaban J connectivity index is 2.08. The van der Waals surface area contributed by atoms with Crippen LogP contribution in [0.25, 0.3) is 0 Å². The molecule has 4 nitrogen and oxygen atoms in total. The minimum atomic E-state index is -3.43. The van der Waals surface area contributed by atoms with Crippen LogP contribution in [0.1, 0.15) is 37.1 Å². The summed E-state index contributed by atoms with van der Waals surface area (Å²) in [5.41, 5.74) is 0.843. The Labute approximate surface area is 136 Å². The van der Waals surface area contributed by atoms with Gasteiger partial charge in [0.25, 0.3) is 0 Å². The highest BCUT2D eigenvalue weighted by Gasteiger charge is 2.26. The van der Waals surface area contributed by atoms with E-state index in [9.17, 15) is 8.42 Å². The number of hydrogen-bond acceptors (Lipinski definition) is 5. The molecule has 21 heavy (non-hydrogen) atoms. The maximum absolute atomic E-state index is 12.6. The van der Waals surface area contributed by atoms with Gasteiger partial charge in [-0.3, -0.25) is 0 Å². The molecule has 1 aromatic rings. The van der Waals surface area contributed by atoms with E-state index in [-0.39, 0.29) is 6.04 Å². The highest BCUT2D eigenvalue weighted by molar-refractivity contribution is 7.99. The number of aryl methyl sites for hydroxylation is 1. The van der Waals surface area contributed by atoms with Crippen molar-refractivity contribution in [1.29, 1.82) is 0 Å². The third-order valence-corrected chi connectivity index (χ3v) is 7.51. The van der Waals surface area contributed by atoms with Crippen LogP contribution in [-0.4, -0.2) is 32.0 Å². The van der Waals surface area contributed by atoms with Gasteiger partial charge in [-0.15, -0.1) is 11.3 Å². The monoisotopic (exact) mass is 348 g/mol. The second-order valence-electron chi connectivity index (χ2n) is 5.51. The Bertz CT molecular complexity index is 565. The topological polar surface area (TPSA) is 58.2 Å². The van der Waals surface area contributed by atoms with E-state index < -0.39 is 10.0 Å². The van der Waals surface area contributed by atoms with E-state index in [2.05, 4.69) is 17.0 Å². The number of thioether (sulfide) groups is 1. The Morgan fingerprint density at radius 2 is 2.19 bits per heavy atom. The first-order valence-corrected chi connectivity index (χ1v) is 10.9. The Kier molecular flexibility index (Phi) is 6.14. The van der Waals surface area contributed by atoms with Gasteiger partial charge in [-0.2, -0.15) is 11.8 Å². The lowest BCUT2D eigenvalue weighted by Crippen LogP contribution is -2.35. The summed E-state index contributed by atoms with van der Waals surface area (Å²) < 4.78 is 28.1. The molecule has 1 atom stereocenters. The summed E-state index contributed by atoms with van der Waals surface area (Å²) >= 11 is 3.28. The Morgan fingerprint density at radius 1 is 1.48 bits per heavy atom. The zero-order valence-corrected chi connectivity index (χ0v) is 15.3. The van der Waals surface area contributed by atoms with Crippen molar-refractivity contribution in [2.45, 2.75) is 57.1 Å². The zero-order valence-electron chi connectivity index (χ0n) is 12.8. The fraction of sp³-hybridized carbons (Fsp3) is 0.714. The van der Waals surface area contributed by atoms with Crippen molar-refractivity contribution in [3.05, 3.63) is 15.8 Å². The van der Waals surface area contributed by atoms with Crippen LogP contribution in [0.4, 0.5) is 0 Å². The van der Waals surface area contributed by atoms with Crippen molar-refractivity contribution < 1.29 is 8.42 Å². The van der Waals surface area contributed by atoms with E-state index >= 15 is 0 Å². The number of nitrogens with one attached hydrogen (secondary N) is 2. The molecule has 0 saturated heterocycles. The molecular weight excluding hydrogens is 324 g/mol. The Hall–Kier alpha value is -0.0800. The van der Waals surface area contributed by atoms with Crippen LogP contribution in [0, 0.1) is 6.92 Å². The first kappa shape index (κ1) is 17.3. The van der Waals surface area contributed by atoms with Crippen LogP contribution in [-0.2, 0) is 16.6 Å². The van der Waals surface area contributed by atoms with Crippen LogP contribution in [0.3, 0.4) is 0 Å². The summed E-state index contributed by atoms with van der Waals surface area (Å²) in [6, 6.07) is 0.527. The maximum Gasteiger partial charge on any atom is 0.242 e. The van der Waals surface area contributed by atoms with Gasteiger partial charge in [-0.1, -0.05) is 6.92 Å². The number of rotatable bonds is 9. The quantitative estimate of drug-likeness (QED) is 0.720. The average molecular weight is 349 g/mol. The van der Waals surface area contributed by atoms with E-state index in [1.54, 1.807) is 11.8 Å². The molecule has 0 spiro atoms. The van der Waals surface area contributed by atoms with Gasteiger partial charge in [-0.25, -0.2) is 13.1 Å². The summed E-state index contributed by atoms with van der Waals surface area (Å²) in [4.78, 5) is 1.40. The number of thiophene rings is 1. The molecule has 7 heteroatoms. The average Bonchev–Trinajstić information content (AvgIpc) is 3.16. The van der Waals surface area contributed by atoms with E-state index in [1.165, 1.54) is 24.2 Å². The SMILES string of the molecule is CCSCC(C)NS(=O)(=O)c1c(C)csc1CNC1CC1. The lowest BCUT2D eigenvalue weighted by molar-refractivity contribution is 0.568. The van der Waals surface area contributed by atoms with Gasteiger partial charge in [0.2, 0.25) is 10.0 Å². The van der Waals surface area contributed by atoms with Crippen molar-refractivity contribution in [3.8, 4) is 0 Å². The standard InChI is InChI=1S/C14H24N2O2S3/c1-4-19-9-11(3)16-21(17,18)14-10(2)8-20-13(14)7-15-12-5-6-12/h8,11-12,15-16H,4-7,9H2,1-3H3. The van der Waals surface area contributed by atoms with Crippen molar-refractivity contribution in [2.24, 2.45) is 0 Å². The first-order valence-electron chi connectivity index (χ1n) is 7.34. The molecule has 2 rings (SSSR count). The third-order valence-electron chi connectivity index (χ3n) is 3.32. The Morgan fingerprint density at radius 3 is 2.81 bits per heavy atom. The smallest absolute Gasteiger partial charge is 0.242 e. The lowest BCUT2D eigenvalue weighted by atomic mass is 10.3. The molecule has 1 aromatic heterocycles. The van der Waals surface area contributed by atoms with Gasteiger partial charge in [0, 0.05) is 29.3 Å². The van der Waals surface area contributed by atoms with Gasteiger partial charge < -0.3 is 5.32 Å². The summed E-state index contributed by atoms with van der Waals surface area (Å²) in [6.45, 7) is 6.52. The van der Waals surface area contributed by atoms with Gasteiger partial charge in [0.1, 0.15) is 4.90 Å². The second kappa shape index (κ2) is 7.46. The highest BCUT2D eigenvalue weighted by atomic mass is 32.2. The normalized spacial score (nSPS) is 17.1. The third kappa shape index (κ3) is 4.96. The molecule has 0 aliphatic heterocycles. The molecule has 1 saturated carbocycles. The minimum absolute atomic E-state index is 0.0523. The van der Waals surface area contributed by atoms with Gasteiger partial charge in [-0.05, 0) is 43.4 Å². The number of hydrogen-bond donors (Lipinski definition) is 2. The summed E-state index contributed by atoms with van der Waals surface area (Å²) in [7, 11) is -3.43. The molecular formula is C14H24N2O2S3. The van der Waals surface area contributed by atoms with Crippen LogP contribution in [0.2, 0.25) is 0 Å². The molecule has 0 radical (unpaired) electrons. The van der Waals surface area contributed by atoms with Crippen LogP contribution in [0.5, 0.6) is 0 Å². The first-order chi connectivity index (χ1) is 9.94. The molecule has 2 N–H and O–H groups in total. The summed E-state index contributed by atoms with van der Waals surface area (Å²) in [5.74, 6) is 1.80. The molecule has 1 aliphatic carbocycles.